The molecule has 3 heterocycles. The fraction of sp³-hybridized carbons (Fsp3) is 0.529. The molecule has 4 unspecified atom stereocenters. The molecule has 0 amide bonds. The summed E-state index contributed by atoms with van der Waals surface area (Å²) in [7, 11) is 1.40. The SMILES string of the molecule is COc1nc(N)nc2c1ncn2C1OC(COC(C)=O)C(OC(C)=O)C1OC(C)=O. The second-order valence-electron chi connectivity index (χ2n) is 6.43. The highest BCUT2D eigenvalue weighted by molar-refractivity contribution is 5.77. The zero-order valence-electron chi connectivity index (χ0n) is 16.7. The minimum atomic E-state index is -1.08. The third kappa shape index (κ3) is 4.25. The van der Waals surface area contributed by atoms with Crippen molar-refractivity contribution in [2.24, 2.45) is 0 Å². The van der Waals surface area contributed by atoms with Crippen LogP contribution in [0.15, 0.2) is 6.33 Å². The molecule has 1 saturated heterocycles. The van der Waals surface area contributed by atoms with E-state index in [2.05, 4.69) is 15.0 Å². The summed E-state index contributed by atoms with van der Waals surface area (Å²) < 4.78 is 28.3. The van der Waals surface area contributed by atoms with Crippen molar-refractivity contribution in [2.75, 3.05) is 19.5 Å². The number of methoxy groups -OCH3 is 1. The van der Waals surface area contributed by atoms with Crippen molar-refractivity contribution in [3.63, 3.8) is 0 Å². The summed E-state index contributed by atoms with van der Waals surface area (Å²) in [6, 6.07) is 0. The van der Waals surface area contributed by atoms with Crippen molar-refractivity contribution in [3.8, 4) is 5.88 Å². The summed E-state index contributed by atoms with van der Waals surface area (Å²) >= 11 is 0. The fourth-order valence-corrected chi connectivity index (χ4v) is 3.15. The first-order valence-corrected chi connectivity index (χ1v) is 8.88. The standard InChI is InChI=1S/C17H21N5O8/c1-7(23)27-5-10-12(28-8(2)24)13(29-9(3)25)16(30-10)22-6-19-11-14(22)20-17(18)21-15(11)26-4/h6,10,12-13,16H,5H2,1-4H3,(H2,18,20,21). The lowest BCUT2D eigenvalue weighted by Gasteiger charge is -2.23. The van der Waals surface area contributed by atoms with Crippen LogP contribution in [0.2, 0.25) is 0 Å². The van der Waals surface area contributed by atoms with Gasteiger partial charge in [-0.05, 0) is 0 Å². The van der Waals surface area contributed by atoms with Crippen LogP contribution in [0.25, 0.3) is 11.2 Å². The van der Waals surface area contributed by atoms with Crippen LogP contribution in [0.5, 0.6) is 5.88 Å². The average molecular weight is 423 g/mol. The van der Waals surface area contributed by atoms with Crippen LogP contribution in [0.1, 0.15) is 27.0 Å². The zero-order chi connectivity index (χ0) is 22.0. The van der Waals surface area contributed by atoms with E-state index in [1.807, 2.05) is 0 Å². The Kier molecular flexibility index (Phi) is 6.01. The van der Waals surface area contributed by atoms with Crippen LogP contribution in [0, 0.1) is 0 Å². The summed E-state index contributed by atoms with van der Waals surface area (Å²) in [5.41, 5.74) is 6.29. The van der Waals surface area contributed by atoms with E-state index in [1.165, 1.54) is 38.8 Å². The topological polar surface area (TPSA) is 167 Å². The first kappa shape index (κ1) is 21.2. The molecule has 0 saturated carbocycles. The minimum Gasteiger partial charge on any atom is -0.479 e. The number of hydrogen-bond acceptors (Lipinski definition) is 12. The zero-order valence-corrected chi connectivity index (χ0v) is 16.7. The van der Waals surface area contributed by atoms with Crippen LogP contribution in [-0.2, 0) is 33.3 Å². The monoisotopic (exact) mass is 423 g/mol. The molecule has 162 valence electrons. The van der Waals surface area contributed by atoms with Gasteiger partial charge in [-0.25, -0.2) is 4.98 Å². The van der Waals surface area contributed by atoms with Gasteiger partial charge in [0.15, 0.2) is 29.6 Å². The number of anilines is 1. The lowest BCUT2D eigenvalue weighted by Crippen LogP contribution is -2.40. The molecule has 0 radical (unpaired) electrons. The predicted octanol–water partition coefficient (Wildman–Crippen LogP) is -0.259. The van der Waals surface area contributed by atoms with Gasteiger partial charge in [0, 0.05) is 20.8 Å². The fourth-order valence-electron chi connectivity index (χ4n) is 3.15. The number of carbonyl (C=O) groups excluding carboxylic acids is 3. The molecular formula is C17H21N5O8. The number of nitrogen functional groups attached to an aromatic ring is 1. The van der Waals surface area contributed by atoms with Gasteiger partial charge in [0.1, 0.15) is 12.7 Å². The molecule has 2 N–H and O–H groups in total. The number of imidazole rings is 1. The Bertz CT molecular complexity index is 976. The van der Waals surface area contributed by atoms with E-state index in [0.717, 1.165) is 0 Å². The van der Waals surface area contributed by atoms with Crippen molar-refractivity contribution in [3.05, 3.63) is 6.33 Å². The van der Waals surface area contributed by atoms with E-state index in [0.29, 0.717) is 5.52 Å². The summed E-state index contributed by atoms with van der Waals surface area (Å²) in [6.07, 6.45) is -2.67. The molecule has 2 aromatic rings. The maximum Gasteiger partial charge on any atom is 0.303 e. The molecule has 0 spiro atoms. The van der Waals surface area contributed by atoms with Gasteiger partial charge < -0.3 is 29.4 Å². The smallest absolute Gasteiger partial charge is 0.303 e. The second-order valence-corrected chi connectivity index (χ2v) is 6.43. The van der Waals surface area contributed by atoms with Gasteiger partial charge in [0.2, 0.25) is 11.8 Å². The highest BCUT2D eigenvalue weighted by Crippen LogP contribution is 2.36. The van der Waals surface area contributed by atoms with Crippen LogP contribution in [0.3, 0.4) is 0 Å². The number of ether oxygens (including phenoxy) is 5. The minimum absolute atomic E-state index is 0.0730. The Morgan fingerprint density at radius 3 is 2.37 bits per heavy atom. The maximum atomic E-state index is 11.7. The summed E-state index contributed by atoms with van der Waals surface area (Å²) in [5, 5.41) is 0. The highest BCUT2D eigenvalue weighted by atomic mass is 16.7. The van der Waals surface area contributed by atoms with Crippen molar-refractivity contribution in [1.82, 2.24) is 19.5 Å². The van der Waals surface area contributed by atoms with E-state index in [9.17, 15) is 14.4 Å². The third-order valence-corrected chi connectivity index (χ3v) is 4.21. The molecule has 2 aromatic heterocycles. The normalized spacial score (nSPS) is 23.2. The van der Waals surface area contributed by atoms with Gasteiger partial charge >= 0.3 is 17.9 Å². The molecule has 0 aromatic carbocycles. The van der Waals surface area contributed by atoms with Crippen molar-refractivity contribution >= 4 is 35.0 Å². The van der Waals surface area contributed by atoms with Crippen LogP contribution >= 0.6 is 0 Å². The molecule has 1 aliphatic heterocycles. The van der Waals surface area contributed by atoms with E-state index in [4.69, 9.17) is 29.4 Å². The Labute approximate surface area is 170 Å². The Balaban J connectivity index is 2.05. The number of carbonyl (C=O) groups is 3. The Hall–Kier alpha value is -3.48. The number of nitrogens with zero attached hydrogens (tertiary/aromatic N) is 4. The van der Waals surface area contributed by atoms with Crippen LogP contribution < -0.4 is 10.5 Å². The molecule has 3 rings (SSSR count). The average Bonchev–Trinajstić information content (AvgIpc) is 3.20. The highest BCUT2D eigenvalue weighted by Gasteiger charge is 2.51. The summed E-state index contributed by atoms with van der Waals surface area (Å²) in [5.74, 6) is -1.73. The number of nitrogens with two attached hydrogens (primary N) is 1. The number of esters is 3. The second kappa shape index (κ2) is 8.49. The Morgan fingerprint density at radius 2 is 1.77 bits per heavy atom. The predicted molar refractivity (Wildman–Crippen MR) is 97.9 cm³/mol. The van der Waals surface area contributed by atoms with E-state index < -0.39 is 42.4 Å². The van der Waals surface area contributed by atoms with Gasteiger partial charge in [0.25, 0.3) is 0 Å². The first-order chi connectivity index (χ1) is 14.2. The summed E-state index contributed by atoms with van der Waals surface area (Å²) in [4.78, 5) is 47.0. The van der Waals surface area contributed by atoms with Crippen molar-refractivity contribution < 1.29 is 38.1 Å². The molecule has 13 nitrogen and oxygen atoms in total. The number of rotatable bonds is 6. The number of fused-ring (bicyclic) bond motifs is 1. The van der Waals surface area contributed by atoms with Crippen LogP contribution in [-0.4, -0.2) is 69.5 Å². The van der Waals surface area contributed by atoms with Crippen molar-refractivity contribution in [1.29, 1.82) is 0 Å². The van der Waals surface area contributed by atoms with Gasteiger partial charge in [-0.3, -0.25) is 19.0 Å². The maximum absolute atomic E-state index is 11.7. The molecular weight excluding hydrogens is 402 g/mol. The summed E-state index contributed by atoms with van der Waals surface area (Å²) in [6.45, 7) is 3.41. The Morgan fingerprint density at radius 1 is 1.10 bits per heavy atom. The molecule has 30 heavy (non-hydrogen) atoms. The third-order valence-electron chi connectivity index (χ3n) is 4.21. The molecule has 0 aliphatic carbocycles. The molecule has 13 heteroatoms. The van der Waals surface area contributed by atoms with Gasteiger partial charge in [-0.2, -0.15) is 9.97 Å². The van der Waals surface area contributed by atoms with Gasteiger partial charge in [-0.1, -0.05) is 0 Å². The first-order valence-electron chi connectivity index (χ1n) is 8.88. The van der Waals surface area contributed by atoms with Crippen LogP contribution in [0.4, 0.5) is 5.95 Å². The van der Waals surface area contributed by atoms with E-state index >= 15 is 0 Å². The molecule has 4 atom stereocenters. The largest absolute Gasteiger partial charge is 0.479 e. The molecule has 1 aliphatic rings. The van der Waals surface area contributed by atoms with Gasteiger partial charge in [-0.15, -0.1) is 0 Å². The van der Waals surface area contributed by atoms with E-state index in [1.54, 1.807) is 0 Å². The lowest BCUT2D eigenvalue weighted by atomic mass is 10.1. The van der Waals surface area contributed by atoms with Gasteiger partial charge in [0.05, 0.1) is 13.4 Å². The number of aromatic nitrogens is 4. The number of hydrogen-bond donors (Lipinski definition) is 1. The molecule has 1 fully saturated rings. The molecule has 0 bridgehead atoms. The van der Waals surface area contributed by atoms with Crippen molar-refractivity contribution in [2.45, 2.75) is 45.3 Å². The quantitative estimate of drug-likeness (QED) is 0.478. The lowest BCUT2D eigenvalue weighted by molar-refractivity contribution is -0.166. The van der Waals surface area contributed by atoms with E-state index in [-0.39, 0.29) is 24.1 Å².